The Morgan fingerprint density at radius 2 is 1.84 bits per heavy atom. The molecule has 2 heterocycles. The highest BCUT2D eigenvalue weighted by Crippen LogP contribution is 2.41. The van der Waals surface area contributed by atoms with Gasteiger partial charge in [0, 0.05) is 30.3 Å². The molecule has 3 N–H and O–H groups in total. The molecule has 0 unspecified atom stereocenters. The van der Waals surface area contributed by atoms with Crippen molar-refractivity contribution >= 4 is 10.9 Å². The van der Waals surface area contributed by atoms with Crippen LogP contribution < -0.4 is 10.5 Å². The van der Waals surface area contributed by atoms with Gasteiger partial charge in [-0.2, -0.15) is 0 Å². The van der Waals surface area contributed by atoms with Gasteiger partial charge in [-0.1, -0.05) is 0 Å². The molecule has 1 aromatic heterocycles. The molecule has 1 atom stereocenters. The van der Waals surface area contributed by atoms with Crippen LogP contribution in [-0.2, 0) is 13.0 Å². The quantitative estimate of drug-likeness (QED) is 0.247. The van der Waals surface area contributed by atoms with Crippen molar-refractivity contribution in [2.75, 3.05) is 33.4 Å². The molecular formula is C29H35F4N3O2. The molecule has 5 nitrogen and oxygen atoms in total. The van der Waals surface area contributed by atoms with Crippen LogP contribution in [0.4, 0.5) is 17.6 Å². The fraction of sp³-hybridized carbons (Fsp3) is 0.483. The Kier molecular flexibility index (Phi) is 9.23. The van der Waals surface area contributed by atoms with E-state index in [0.717, 1.165) is 44.6 Å². The number of hydrogen-bond acceptors (Lipinski definition) is 5. The highest BCUT2D eigenvalue weighted by molar-refractivity contribution is 5.85. The molecule has 1 saturated heterocycles. The van der Waals surface area contributed by atoms with E-state index < -0.39 is 23.6 Å². The molecular weight excluding hydrogens is 498 g/mol. The van der Waals surface area contributed by atoms with Crippen LogP contribution >= 0.6 is 0 Å². The Morgan fingerprint density at radius 1 is 1.13 bits per heavy atom. The van der Waals surface area contributed by atoms with Gasteiger partial charge >= 0.3 is 0 Å². The number of ether oxygens (including phenoxy) is 1. The Balaban J connectivity index is 1.34. The largest absolute Gasteiger partial charge is 0.497 e. The van der Waals surface area contributed by atoms with Crippen molar-refractivity contribution in [2.45, 2.75) is 51.2 Å². The summed E-state index contributed by atoms with van der Waals surface area (Å²) < 4.78 is 61.2. The van der Waals surface area contributed by atoms with Crippen LogP contribution in [0.5, 0.6) is 5.75 Å². The third kappa shape index (κ3) is 6.27. The highest BCUT2D eigenvalue weighted by atomic mass is 19.2. The highest BCUT2D eigenvalue weighted by Gasteiger charge is 2.35. The number of piperidine rings is 1. The number of aromatic nitrogens is 1. The van der Waals surface area contributed by atoms with Gasteiger partial charge in [-0.05, 0) is 105 Å². The van der Waals surface area contributed by atoms with Crippen molar-refractivity contribution < 1.29 is 27.4 Å². The molecule has 1 aliphatic rings. The van der Waals surface area contributed by atoms with Gasteiger partial charge in [0.25, 0.3) is 0 Å². The van der Waals surface area contributed by atoms with Crippen molar-refractivity contribution in [3.8, 4) is 5.75 Å². The summed E-state index contributed by atoms with van der Waals surface area (Å²) in [6, 6.07) is 7.46. The number of aliphatic hydroxyl groups excluding tert-OH is 1. The Morgan fingerprint density at radius 3 is 2.47 bits per heavy atom. The summed E-state index contributed by atoms with van der Waals surface area (Å²) in [7, 11) is 1.56. The number of rotatable bonds is 11. The molecule has 3 aromatic rings. The van der Waals surface area contributed by atoms with Gasteiger partial charge < -0.3 is 20.5 Å². The number of halogens is 4. The minimum absolute atomic E-state index is 0.0175. The number of aliphatic hydroxyl groups is 1. The average molecular weight is 534 g/mol. The molecule has 2 aromatic carbocycles. The summed E-state index contributed by atoms with van der Waals surface area (Å²) in [5.74, 6) is -3.17. The number of hydrogen-bond donors (Lipinski definition) is 2. The van der Waals surface area contributed by atoms with Crippen LogP contribution in [0, 0.1) is 22.9 Å². The molecule has 0 bridgehead atoms. The first kappa shape index (κ1) is 28.3. The molecule has 206 valence electrons. The number of nitrogens with zero attached hydrogens (tertiary/aromatic N) is 2. The first-order chi connectivity index (χ1) is 18.3. The summed E-state index contributed by atoms with van der Waals surface area (Å²) in [5.41, 5.74) is 7.85. The summed E-state index contributed by atoms with van der Waals surface area (Å²) in [5, 5.41) is 11.0. The number of likely N-dealkylation sites (tertiary alicyclic amines) is 1. The van der Waals surface area contributed by atoms with E-state index >= 15 is 4.39 Å². The standard InChI is InChI=1S/C29H35F4N3O2/c1-38-21-4-5-26-22(15-21)27(20(16-34)17-35-26)23(30)6-7-29(18-37)8-11-36(12-9-29)10-2-3-19-13-24(31)28(33)25(32)14-19/h4-5,13-15,17,23,37H,2-3,6-12,16,18,34H2,1H3/t23-/m1/s1. The number of aryl methyl sites for hydroxylation is 1. The van der Waals surface area contributed by atoms with Crippen LogP contribution in [-0.4, -0.2) is 48.3 Å². The maximum absolute atomic E-state index is 15.8. The van der Waals surface area contributed by atoms with E-state index in [1.807, 2.05) is 0 Å². The number of methoxy groups -OCH3 is 1. The lowest BCUT2D eigenvalue weighted by atomic mass is 9.74. The second kappa shape index (κ2) is 12.4. The second-order valence-corrected chi connectivity index (χ2v) is 10.3. The fourth-order valence-electron chi connectivity index (χ4n) is 5.47. The zero-order chi connectivity index (χ0) is 27.3. The van der Waals surface area contributed by atoms with Gasteiger partial charge in [0.2, 0.25) is 0 Å². The number of pyridine rings is 1. The van der Waals surface area contributed by atoms with E-state index in [0.29, 0.717) is 52.6 Å². The first-order valence-corrected chi connectivity index (χ1v) is 13.1. The zero-order valence-electron chi connectivity index (χ0n) is 21.7. The maximum atomic E-state index is 15.8. The van der Waals surface area contributed by atoms with E-state index in [1.54, 1.807) is 31.5 Å². The van der Waals surface area contributed by atoms with Gasteiger partial charge in [-0.3, -0.25) is 4.98 Å². The minimum atomic E-state index is -1.45. The molecule has 1 fully saturated rings. The molecule has 38 heavy (non-hydrogen) atoms. The van der Waals surface area contributed by atoms with Crippen LogP contribution in [0.1, 0.15) is 55.0 Å². The smallest absolute Gasteiger partial charge is 0.194 e. The van der Waals surface area contributed by atoms with Gasteiger partial charge in [0.05, 0.1) is 12.6 Å². The molecule has 9 heteroatoms. The number of alkyl halides is 1. The lowest BCUT2D eigenvalue weighted by Crippen LogP contribution is -2.42. The van der Waals surface area contributed by atoms with Crippen molar-refractivity contribution in [3.63, 3.8) is 0 Å². The molecule has 0 amide bonds. The number of nitrogens with two attached hydrogens (primary N) is 1. The summed E-state index contributed by atoms with van der Waals surface area (Å²) in [4.78, 5) is 6.66. The molecule has 0 spiro atoms. The van der Waals surface area contributed by atoms with E-state index in [1.165, 1.54) is 0 Å². The topological polar surface area (TPSA) is 71.6 Å². The monoisotopic (exact) mass is 533 g/mol. The van der Waals surface area contributed by atoms with Crippen molar-refractivity contribution in [3.05, 3.63) is 70.7 Å². The fourth-order valence-corrected chi connectivity index (χ4v) is 5.47. The van der Waals surface area contributed by atoms with Crippen molar-refractivity contribution in [2.24, 2.45) is 11.1 Å². The van der Waals surface area contributed by atoms with Gasteiger partial charge in [0.1, 0.15) is 11.9 Å². The summed E-state index contributed by atoms with van der Waals surface area (Å²) in [6.45, 7) is 2.36. The van der Waals surface area contributed by atoms with Crippen molar-refractivity contribution in [1.29, 1.82) is 0 Å². The lowest BCUT2D eigenvalue weighted by molar-refractivity contribution is 0.0300. The zero-order valence-corrected chi connectivity index (χ0v) is 21.7. The van der Waals surface area contributed by atoms with Crippen LogP contribution in [0.25, 0.3) is 10.9 Å². The minimum Gasteiger partial charge on any atom is -0.497 e. The molecule has 0 saturated carbocycles. The van der Waals surface area contributed by atoms with Gasteiger partial charge in [0.15, 0.2) is 17.5 Å². The number of benzene rings is 2. The van der Waals surface area contributed by atoms with Crippen LogP contribution in [0.2, 0.25) is 0 Å². The third-order valence-corrected chi connectivity index (χ3v) is 7.90. The predicted octanol–water partition coefficient (Wildman–Crippen LogP) is 5.62. The molecule has 1 aliphatic heterocycles. The van der Waals surface area contributed by atoms with Crippen molar-refractivity contribution in [1.82, 2.24) is 9.88 Å². The average Bonchev–Trinajstić information content (AvgIpc) is 2.94. The third-order valence-electron chi connectivity index (χ3n) is 7.90. The molecule has 4 rings (SSSR count). The lowest BCUT2D eigenvalue weighted by Gasteiger charge is -2.41. The van der Waals surface area contributed by atoms with Crippen LogP contribution in [0.15, 0.2) is 36.5 Å². The maximum Gasteiger partial charge on any atom is 0.194 e. The normalized spacial score (nSPS) is 16.6. The van der Waals surface area contributed by atoms with Gasteiger partial charge in [-0.25, -0.2) is 17.6 Å². The second-order valence-electron chi connectivity index (χ2n) is 10.3. The van der Waals surface area contributed by atoms with E-state index in [-0.39, 0.29) is 25.0 Å². The van der Waals surface area contributed by atoms with Crippen LogP contribution in [0.3, 0.4) is 0 Å². The first-order valence-electron chi connectivity index (χ1n) is 13.1. The van der Waals surface area contributed by atoms with Gasteiger partial charge in [-0.15, -0.1) is 0 Å². The SMILES string of the molecule is COc1ccc2ncc(CN)c([C@H](F)CCC3(CO)CCN(CCCc4cc(F)c(F)c(F)c4)CC3)c2c1. The Bertz CT molecular complexity index is 1220. The summed E-state index contributed by atoms with van der Waals surface area (Å²) >= 11 is 0. The van der Waals surface area contributed by atoms with E-state index in [2.05, 4.69) is 9.88 Å². The number of fused-ring (bicyclic) bond motifs is 1. The van der Waals surface area contributed by atoms with E-state index in [9.17, 15) is 18.3 Å². The summed E-state index contributed by atoms with van der Waals surface area (Å²) in [6.07, 6.45) is 3.72. The molecule has 0 radical (unpaired) electrons. The Hall–Kier alpha value is -2.75. The predicted molar refractivity (Wildman–Crippen MR) is 139 cm³/mol. The van der Waals surface area contributed by atoms with E-state index in [4.69, 9.17) is 10.5 Å². The molecule has 0 aliphatic carbocycles. The Labute approximate surface area is 220 Å².